The molecule has 1 aliphatic rings. The van der Waals surface area contributed by atoms with Crippen molar-refractivity contribution in [1.82, 2.24) is 10.2 Å². The number of rotatable bonds is 9. The monoisotopic (exact) mass is 444 g/mol. The van der Waals surface area contributed by atoms with Gasteiger partial charge in [-0.1, -0.05) is 38.5 Å². The molecule has 0 saturated heterocycles. The Balaban J connectivity index is 1.77. The van der Waals surface area contributed by atoms with Gasteiger partial charge in [-0.15, -0.1) is 5.10 Å². The third-order valence-corrected chi connectivity index (χ3v) is 5.54. The van der Waals surface area contributed by atoms with Gasteiger partial charge in [-0.3, -0.25) is 5.10 Å². The van der Waals surface area contributed by atoms with Crippen molar-refractivity contribution < 1.29 is 14.2 Å². The second kappa shape index (κ2) is 10.1. The molecule has 0 fully saturated rings. The number of nitrogens with one attached hydrogen (secondary N) is 1. The number of para-hydroxylation sites is 1. The fourth-order valence-corrected chi connectivity index (χ4v) is 3.89. The van der Waals surface area contributed by atoms with Crippen LogP contribution in [-0.2, 0) is 0 Å². The van der Waals surface area contributed by atoms with E-state index in [9.17, 15) is 5.26 Å². The molecule has 1 aliphatic heterocycles. The lowest BCUT2D eigenvalue weighted by Gasteiger charge is -2.25. The lowest BCUT2D eigenvalue weighted by atomic mass is 9.82. The van der Waals surface area contributed by atoms with Gasteiger partial charge in [0.1, 0.15) is 23.1 Å². The summed E-state index contributed by atoms with van der Waals surface area (Å²) in [6.07, 6.45) is 2.97. The number of aromatic amines is 1. The van der Waals surface area contributed by atoms with E-state index in [4.69, 9.17) is 19.9 Å². The molecule has 0 saturated carbocycles. The summed E-state index contributed by atoms with van der Waals surface area (Å²) in [5.74, 6) is 1.47. The second-order valence-electron chi connectivity index (χ2n) is 7.85. The van der Waals surface area contributed by atoms with Gasteiger partial charge in [0.05, 0.1) is 30.4 Å². The van der Waals surface area contributed by atoms with Crippen LogP contribution in [0.1, 0.15) is 50.2 Å². The number of H-pyrrole nitrogens is 1. The average Bonchev–Trinajstić information content (AvgIpc) is 3.26. The molecule has 0 spiro atoms. The Morgan fingerprint density at radius 2 is 1.85 bits per heavy atom. The number of nitrogens with two attached hydrogens (primary N) is 1. The highest BCUT2D eigenvalue weighted by Crippen LogP contribution is 2.47. The van der Waals surface area contributed by atoms with Crippen LogP contribution in [0.3, 0.4) is 0 Å². The SMILES string of the molecule is CCCCOc1ccc(-c2[nH]nc3c2[C@H](c2ccccc2OCCC)C(C#N)=C(N)O3)cc1. The number of aromatic nitrogens is 2. The number of hydrogen-bond donors (Lipinski definition) is 2. The summed E-state index contributed by atoms with van der Waals surface area (Å²) in [6, 6.07) is 17.8. The molecule has 170 valence electrons. The van der Waals surface area contributed by atoms with Crippen molar-refractivity contribution in [3.05, 3.63) is 71.1 Å². The zero-order valence-corrected chi connectivity index (χ0v) is 18.9. The van der Waals surface area contributed by atoms with E-state index in [0.717, 1.165) is 47.4 Å². The van der Waals surface area contributed by atoms with E-state index in [0.29, 0.717) is 30.4 Å². The number of nitriles is 1. The summed E-state index contributed by atoms with van der Waals surface area (Å²) >= 11 is 0. The fraction of sp³-hybridized carbons (Fsp3) is 0.308. The molecule has 0 radical (unpaired) electrons. The predicted molar refractivity (Wildman–Crippen MR) is 126 cm³/mol. The van der Waals surface area contributed by atoms with E-state index in [1.165, 1.54) is 0 Å². The van der Waals surface area contributed by atoms with E-state index in [-0.39, 0.29) is 5.88 Å². The minimum absolute atomic E-state index is 0.0537. The maximum absolute atomic E-state index is 9.97. The van der Waals surface area contributed by atoms with Crippen molar-refractivity contribution in [2.45, 2.75) is 39.0 Å². The van der Waals surface area contributed by atoms with Gasteiger partial charge in [0.15, 0.2) is 0 Å². The molecule has 1 aromatic heterocycles. The first-order valence-electron chi connectivity index (χ1n) is 11.3. The minimum atomic E-state index is -0.471. The van der Waals surface area contributed by atoms with E-state index < -0.39 is 5.92 Å². The third kappa shape index (κ3) is 4.51. The topological polar surface area (TPSA) is 106 Å². The lowest BCUT2D eigenvalue weighted by Crippen LogP contribution is -2.21. The van der Waals surface area contributed by atoms with E-state index in [1.807, 2.05) is 48.5 Å². The highest BCUT2D eigenvalue weighted by Gasteiger charge is 2.37. The van der Waals surface area contributed by atoms with E-state index in [1.54, 1.807) is 0 Å². The minimum Gasteiger partial charge on any atom is -0.494 e. The molecule has 7 nitrogen and oxygen atoms in total. The summed E-state index contributed by atoms with van der Waals surface area (Å²) in [4.78, 5) is 0. The van der Waals surface area contributed by atoms with Crippen LogP contribution in [-0.4, -0.2) is 23.4 Å². The molecule has 3 N–H and O–H groups in total. The van der Waals surface area contributed by atoms with Crippen LogP contribution < -0.4 is 19.9 Å². The number of ether oxygens (including phenoxy) is 3. The van der Waals surface area contributed by atoms with Crippen molar-refractivity contribution in [2.24, 2.45) is 5.73 Å². The largest absolute Gasteiger partial charge is 0.494 e. The lowest BCUT2D eigenvalue weighted by molar-refractivity contribution is 0.309. The standard InChI is InChI=1S/C26H28N4O3/c1-3-5-15-31-18-12-10-17(11-13-18)24-23-22(19-8-6-7-9-21(19)32-14-4-2)20(16-27)25(28)33-26(23)30-29-24/h6-13,22H,3-5,14-15,28H2,1-2H3,(H,29,30)/t22-/m1/s1. The van der Waals surface area contributed by atoms with Crippen molar-refractivity contribution in [1.29, 1.82) is 5.26 Å². The molecule has 7 heteroatoms. The Morgan fingerprint density at radius 3 is 2.58 bits per heavy atom. The Hall–Kier alpha value is -3.92. The van der Waals surface area contributed by atoms with E-state index in [2.05, 4.69) is 30.1 Å². The molecule has 2 heterocycles. The van der Waals surface area contributed by atoms with Crippen molar-refractivity contribution in [3.63, 3.8) is 0 Å². The van der Waals surface area contributed by atoms with Gasteiger partial charge in [-0.25, -0.2) is 0 Å². The zero-order valence-electron chi connectivity index (χ0n) is 18.9. The smallest absolute Gasteiger partial charge is 0.244 e. The molecular weight excluding hydrogens is 416 g/mol. The maximum Gasteiger partial charge on any atom is 0.244 e. The molecular formula is C26H28N4O3. The third-order valence-electron chi connectivity index (χ3n) is 5.54. The molecule has 3 aromatic rings. The van der Waals surface area contributed by atoms with Gasteiger partial charge in [-0.05, 0) is 43.2 Å². The highest BCUT2D eigenvalue weighted by atomic mass is 16.5. The normalized spacial score (nSPS) is 14.9. The summed E-state index contributed by atoms with van der Waals surface area (Å²) in [5.41, 5.74) is 9.74. The van der Waals surface area contributed by atoms with Gasteiger partial charge in [0.2, 0.25) is 11.8 Å². The van der Waals surface area contributed by atoms with Crippen LogP contribution >= 0.6 is 0 Å². The van der Waals surface area contributed by atoms with Gasteiger partial charge < -0.3 is 19.9 Å². The van der Waals surface area contributed by atoms with Crippen LogP contribution in [0.4, 0.5) is 0 Å². The van der Waals surface area contributed by atoms with Crippen LogP contribution in [0, 0.1) is 11.3 Å². The first-order valence-corrected chi connectivity index (χ1v) is 11.3. The zero-order chi connectivity index (χ0) is 23.2. The summed E-state index contributed by atoms with van der Waals surface area (Å²) in [7, 11) is 0. The molecule has 1 atom stereocenters. The average molecular weight is 445 g/mol. The molecule has 4 rings (SSSR count). The van der Waals surface area contributed by atoms with Gasteiger partial charge in [0.25, 0.3) is 0 Å². The number of allylic oxidation sites excluding steroid dienone is 1. The maximum atomic E-state index is 9.97. The molecule has 0 amide bonds. The van der Waals surface area contributed by atoms with Gasteiger partial charge in [0, 0.05) is 11.1 Å². The molecule has 0 aliphatic carbocycles. The summed E-state index contributed by atoms with van der Waals surface area (Å²) in [6.45, 7) is 5.45. The quantitative estimate of drug-likeness (QED) is 0.436. The molecule has 0 unspecified atom stereocenters. The fourth-order valence-electron chi connectivity index (χ4n) is 3.89. The highest BCUT2D eigenvalue weighted by molar-refractivity contribution is 5.72. The van der Waals surface area contributed by atoms with Crippen molar-refractivity contribution in [2.75, 3.05) is 13.2 Å². The number of unbranched alkanes of at least 4 members (excludes halogenated alkanes) is 1. The number of benzene rings is 2. The number of nitrogens with zero attached hydrogens (tertiary/aromatic N) is 2. The van der Waals surface area contributed by atoms with Crippen LogP contribution in [0.5, 0.6) is 17.4 Å². The summed E-state index contributed by atoms with van der Waals surface area (Å²) in [5, 5.41) is 17.4. The molecule has 33 heavy (non-hydrogen) atoms. The van der Waals surface area contributed by atoms with E-state index >= 15 is 0 Å². The Labute approximate surface area is 193 Å². The molecule has 0 bridgehead atoms. The van der Waals surface area contributed by atoms with Crippen LogP contribution in [0.2, 0.25) is 0 Å². The Kier molecular flexibility index (Phi) is 6.84. The van der Waals surface area contributed by atoms with Gasteiger partial charge in [-0.2, -0.15) is 5.26 Å². The first kappa shape index (κ1) is 22.3. The Bertz CT molecular complexity index is 1170. The van der Waals surface area contributed by atoms with Crippen LogP contribution in [0.15, 0.2) is 60.0 Å². The number of hydrogen-bond acceptors (Lipinski definition) is 6. The van der Waals surface area contributed by atoms with Crippen molar-refractivity contribution in [3.8, 4) is 34.7 Å². The second-order valence-corrected chi connectivity index (χ2v) is 7.85. The Morgan fingerprint density at radius 1 is 1.06 bits per heavy atom. The van der Waals surface area contributed by atoms with Gasteiger partial charge >= 0.3 is 0 Å². The first-order chi connectivity index (χ1) is 16.2. The predicted octanol–water partition coefficient (Wildman–Crippen LogP) is 5.26. The van der Waals surface area contributed by atoms with Crippen molar-refractivity contribution >= 4 is 0 Å². The summed E-state index contributed by atoms with van der Waals surface area (Å²) < 4.78 is 17.5. The number of fused-ring (bicyclic) bond motifs is 1. The molecule has 2 aromatic carbocycles. The van der Waals surface area contributed by atoms with Crippen LogP contribution in [0.25, 0.3) is 11.3 Å².